The fraction of sp³-hybridized carbons (Fsp3) is 0.278. The third-order valence-electron chi connectivity index (χ3n) is 4.16. The lowest BCUT2D eigenvalue weighted by Crippen LogP contribution is -2.27. The number of pyridine rings is 1. The Morgan fingerprint density at radius 1 is 1.29 bits per heavy atom. The molecule has 1 saturated heterocycles. The van der Waals surface area contributed by atoms with Gasteiger partial charge in [-0.2, -0.15) is 5.10 Å². The molecule has 3 aromatic rings. The minimum Gasteiger partial charge on any atom is -0.368 e. The molecule has 6 heteroatoms. The Labute approximate surface area is 139 Å². The second-order valence-corrected chi connectivity index (χ2v) is 5.88. The van der Waals surface area contributed by atoms with Gasteiger partial charge in [-0.15, -0.1) is 0 Å². The molecule has 1 aliphatic heterocycles. The van der Waals surface area contributed by atoms with Gasteiger partial charge in [0.15, 0.2) is 5.82 Å². The summed E-state index contributed by atoms with van der Waals surface area (Å²) >= 11 is 0. The Hall–Kier alpha value is -2.73. The number of aromatic nitrogens is 3. The standard InChI is InChI=1S/C18H18N4O2/c23-18(15-7-3-11-24-15)20-16-8-10-22(21-16)12-14-5-1-4-13-6-2-9-19-17(13)14/h1-2,4-6,8-10,15H,3,7,11-12H2,(H,20,21,23)/t15-/m1/s1. The number of fused-ring (bicyclic) bond motifs is 1. The van der Waals surface area contributed by atoms with Crippen molar-refractivity contribution < 1.29 is 9.53 Å². The Morgan fingerprint density at radius 3 is 3.08 bits per heavy atom. The van der Waals surface area contributed by atoms with Gasteiger partial charge < -0.3 is 10.1 Å². The number of hydrogen-bond acceptors (Lipinski definition) is 4. The summed E-state index contributed by atoms with van der Waals surface area (Å²) in [7, 11) is 0. The van der Waals surface area contributed by atoms with E-state index in [-0.39, 0.29) is 12.0 Å². The molecule has 4 rings (SSSR count). The van der Waals surface area contributed by atoms with Gasteiger partial charge in [-0.05, 0) is 24.5 Å². The predicted molar refractivity (Wildman–Crippen MR) is 90.7 cm³/mol. The van der Waals surface area contributed by atoms with Crippen molar-refractivity contribution in [3.05, 3.63) is 54.4 Å². The van der Waals surface area contributed by atoms with E-state index in [4.69, 9.17) is 4.74 Å². The number of anilines is 1. The quantitative estimate of drug-likeness (QED) is 0.801. The molecule has 122 valence electrons. The number of nitrogens with zero attached hydrogens (tertiary/aromatic N) is 3. The first-order chi connectivity index (χ1) is 11.8. The fourth-order valence-electron chi connectivity index (χ4n) is 2.98. The maximum absolute atomic E-state index is 12.1. The number of ether oxygens (including phenoxy) is 1. The Bertz CT molecular complexity index is 863. The SMILES string of the molecule is O=C(Nc1ccn(Cc2cccc3cccnc23)n1)[C@H]1CCCO1. The van der Waals surface area contributed by atoms with E-state index in [0.29, 0.717) is 19.0 Å². The summed E-state index contributed by atoms with van der Waals surface area (Å²) in [4.78, 5) is 16.5. The molecule has 0 saturated carbocycles. The molecule has 1 aliphatic rings. The molecule has 1 N–H and O–H groups in total. The maximum Gasteiger partial charge on any atom is 0.254 e. The van der Waals surface area contributed by atoms with Crippen molar-refractivity contribution in [3.63, 3.8) is 0 Å². The Balaban J connectivity index is 1.49. The van der Waals surface area contributed by atoms with Crippen LogP contribution in [0.15, 0.2) is 48.8 Å². The molecular weight excluding hydrogens is 304 g/mol. The highest BCUT2D eigenvalue weighted by atomic mass is 16.5. The highest BCUT2D eigenvalue weighted by Gasteiger charge is 2.24. The fourth-order valence-corrected chi connectivity index (χ4v) is 2.98. The normalized spacial score (nSPS) is 17.2. The van der Waals surface area contributed by atoms with Crippen molar-refractivity contribution >= 4 is 22.6 Å². The van der Waals surface area contributed by atoms with Crippen LogP contribution >= 0.6 is 0 Å². The molecule has 0 bridgehead atoms. The molecule has 0 spiro atoms. The molecule has 2 aromatic heterocycles. The van der Waals surface area contributed by atoms with Crippen molar-refractivity contribution in [2.24, 2.45) is 0 Å². The highest BCUT2D eigenvalue weighted by molar-refractivity contribution is 5.93. The summed E-state index contributed by atoms with van der Waals surface area (Å²) in [5.74, 6) is 0.424. The van der Waals surface area contributed by atoms with Crippen LogP contribution in [0.1, 0.15) is 18.4 Å². The van der Waals surface area contributed by atoms with E-state index in [2.05, 4.69) is 15.4 Å². The summed E-state index contributed by atoms with van der Waals surface area (Å²) in [5, 5.41) is 8.35. The highest BCUT2D eigenvalue weighted by Crippen LogP contribution is 2.18. The lowest BCUT2D eigenvalue weighted by atomic mass is 10.1. The smallest absolute Gasteiger partial charge is 0.254 e. The number of nitrogens with one attached hydrogen (secondary N) is 1. The molecule has 6 nitrogen and oxygen atoms in total. The van der Waals surface area contributed by atoms with Gasteiger partial charge in [0, 0.05) is 30.5 Å². The molecule has 1 aromatic carbocycles. The van der Waals surface area contributed by atoms with Gasteiger partial charge in [0.1, 0.15) is 6.10 Å². The number of hydrogen-bond donors (Lipinski definition) is 1. The van der Waals surface area contributed by atoms with Crippen LogP contribution in [0.4, 0.5) is 5.82 Å². The summed E-state index contributed by atoms with van der Waals surface area (Å²) in [6, 6.07) is 11.9. The van der Waals surface area contributed by atoms with Crippen molar-refractivity contribution in [3.8, 4) is 0 Å². The van der Waals surface area contributed by atoms with Crippen LogP contribution in [-0.2, 0) is 16.1 Å². The summed E-state index contributed by atoms with van der Waals surface area (Å²) in [5.41, 5.74) is 2.06. The molecule has 0 unspecified atom stereocenters. The van der Waals surface area contributed by atoms with Crippen molar-refractivity contribution in [2.45, 2.75) is 25.5 Å². The minimum atomic E-state index is -0.350. The average Bonchev–Trinajstić information content (AvgIpc) is 3.27. The van der Waals surface area contributed by atoms with Gasteiger partial charge >= 0.3 is 0 Å². The van der Waals surface area contributed by atoms with Crippen molar-refractivity contribution in [1.82, 2.24) is 14.8 Å². The Kier molecular flexibility index (Phi) is 3.96. The second-order valence-electron chi connectivity index (χ2n) is 5.88. The molecule has 0 radical (unpaired) electrons. The topological polar surface area (TPSA) is 69.0 Å². The van der Waals surface area contributed by atoms with Gasteiger partial charge in [-0.3, -0.25) is 14.5 Å². The molecule has 1 amide bonds. The van der Waals surface area contributed by atoms with E-state index in [0.717, 1.165) is 29.3 Å². The molecular formula is C18H18N4O2. The van der Waals surface area contributed by atoms with E-state index in [1.54, 1.807) is 16.9 Å². The number of carbonyl (C=O) groups is 1. The van der Waals surface area contributed by atoms with E-state index < -0.39 is 0 Å². The molecule has 24 heavy (non-hydrogen) atoms. The van der Waals surface area contributed by atoms with E-state index >= 15 is 0 Å². The van der Waals surface area contributed by atoms with Gasteiger partial charge in [-0.1, -0.05) is 24.3 Å². The number of benzene rings is 1. The molecule has 0 aliphatic carbocycles. The number of para-hydroxylation sites is 1. The second kappa shape index (κ2) is 6.41. The zero-order chi connectivity index (χ0) is 16.4. The van der Waals surface area contributed by atoms with Crippen LogP contribution in [0.2, 0.25) is 0 Å². The minimum absolute atomic E-state index is 0.121. The Morgan fingerprint density at radius 2 is 2.21 bits per heavy atom. The first kappa shape index (κ1) is 14.8. The lowest BCUT2D eigenvalue weighted by Gasteiger charge is -2.08. The summed E-state index contributed by atoms with van der Waals surface area (Å²) < 4.78 is 7.18. The summed E-state index contributed by atoms with van der Waals surface area (Å²) in [6.07, 6.45) is 5.00. The number of amides is 1. The first-order valence-electron chi connectivity index (χ1n) is 8.08. The van der Waals surface area contributed by atoms with Crippen LogP contribution in [0.3, 0.4) is 0 Å². The van der Waals surface area contributed by atoms with Gasteiger partial charge in [0.25, 0.3) is 5.91 Å². The predicted octanol–water partition coefficient (Wildman–Crippen LogP) is 2.60. The molecule has 3 heterocycles. The van der Waals surface area contributed by atoms with Crippen molar-refractivity contribution in [2.75, 3.05) is 11.9 Å². The van der Waals surface area contributed by atoms with Crippen LogP contribution < -0.4 is 5.32 Å². The molecule has 1 fully saturated rings. The maximum atomic E-state index is 12.1. The van der Waals surface area contributed by atoms with E-state index in [1.165, 1.54) is 0 Å². The monoisotopic (exact) mass is 322 g/mol. The van der Waals surface area contributed by atoms with Crippen LogP contribution in [0, 0.1) is 0 Å². The van der Waals surface area contributed by atoms with Crippen LogP contribution in [-0.4, -0.2) is 33.4 Å². The van der Waals surface area contributed by atoms with Gasteiger partial charge in [-0.25, -0.2) is 0 Å². The molecule has 1 atom stereocenters. The first-order valence-corrected chi connectivity index (χ1v) is 8.08. The van der Waals surface area contributed by atoms with Crippen LogP contribution in [0.25, 0.3) is 10.9 Å². The van der Waals surface area contributed by atoms with Crippen LogP contribution in [0.5, 0.6) is 0 Å². The van der Waals surface area contributed by atoms with E-state index in [1.807, 2.05) is 36.5 Å². The zero-order valence-corrected chi connectivity index (χ0v) is 13.2. The van der Waals surface area contributed by atoms with E-state index in [9.17, 15) is 4.79 Å². The van der Waals surface area contributed by atoms with Crippen molar-refractivity contribution in [1.29, 1.82) is 0 Å². The van der Waals surface area contributed by atoms with Gasteiger partial charge in [0.05, 0.1) is 12.1 Å². The third-order valence-corrected chi connectivity index (χ3v) is 4.16. The average molecular weight is 322 g/mol. The largest absolute Gasteiger partial charge is 0.368 e. The van der Waals surface area contributed by atoms with Gasteiger partial charge in [0.2, 0.25) is 0 Å². The third kappa shape index (κ3) is 3.00. The number of carbonyl (C=O) groups excluding carboxylic acids is 1. The number of rotatable bonds is 4. The summed E-state index contributed by atoms with van der Waals surface area (Å²) in [6.45, 7) is 1.25. The lowest BCUT2D eigenvalue weighted by molar-refractivity contribution is -0.124. The zero-order valence-electron chi connectivity index (χ0n) is 13.2.